The first-order valence-corrected chi connectivity index (χ1v) is 5.90. The van der Waals surface area contributed by atoms with E-state index < -0.39 is 23.3 Å². The molecule has 2 amide bonds. The Labute approximate surface area is 115 Å². The van der Waals surface area contributed by atoms with Crippen LogP contribution in [0.1, 0.15) is 5.56 Å². The van der Waals surface area contributed by atoms with E-state index in [-0.39, 0.29) is 5.69 Å². The molecule has 0 spiro atoms. The van der Waals surface area contributed by atoms with Crippen LogP contribution in [0.15, 0.2) is 42.5 Å². The van der Waals surface area contributed by atoms with Crippen LogP contribution in [0.2, 0.25) is 0 Å². The Morgan fingerprint density at radius 1 is 1.00 bits per heavy atom. The standard InChI is InChI=1S/C14H14N2O4/c17-11-6-10(7-12(18)13(11)19)16-14(20)15-8-9-4-2-1-3-5-9/h1-7,17-19H,8H2,(H2,15,16,20). The van der Waals surface area contributed by atoms with Crippen molar-refractivity contribution in [1.29, 1.82) is 0 Å². The molecule has 2 aromatic rings. The number of benzene rings is 2. The number of carbonyl (C=O) groups excluding carboxylic acids is 1. The minimum Gasteiger partial charge on any atom is -0.504 e. The van der Waals surface area contributed by atoms with Crippen LogP contribution >= 0.6 is 0 Å². The van der Waals surface area contributed by atoms with E-state index >= 15 is 0 Å². The summed E-state index contributed by atoms with van der Waals surface area (Å²) in [6.07, 6.45) is 0. The van der Waals surface area contributed by atoms with E-state index in [0.29, 0.717) is 6.54 Å². The fourth-order valence-electron chi connectivity index (χ4n) is 1.63. The van der Waals surface area contributed by atoms with Gasteiger partial charge in [0.2, 0.25) is 0 Å². The van der Waals surface area contributed by atoms with Gasteiger partial charge in [0.05, 0.1) is 5.69 Å². The second-order valence-electron chi connectivity index (χ2n) is 4.16. The fourth-order valence-corrected chi connectivity index (χ4v) is 1.63. The quantitative estimate of drug-likeness (QED) is 0.437. The van der Waals surface area contributed by atoms with Crippen molar-refractivity contribution in [3.8, 4) is 17.2 Å². The van der Waals surface area contributed by atoms with Crippen LogP contribution in [0.5, 0.6) is 17.2 Å². The molecule has 6 heteroatoms. The minimum atomic E-state index is -0.625. The van der Waals surface area contributed by atoms with Crippen LogP contribution < -0.4 is 10.6 Å². The molecule has 0 aliphatic rings. The first kappa shape index (κ1) is 13.5. The number of rotatable bonds is 3. The van der Waals surface area contributed by atoms with Crippen molar-refractivity contribution in [3.63, 3.8) is 0 Å². The largest absolute Gasteiger partial charge is 0.504 e. The molecule has 2 aromatic carbocycles. The van der Waals surface area contributed by atoms with Gasteiger partial charge in [0.25, 0.3) is 0 Å². The molecule has 104 valence electrons. The highest BCUT2D eigenvalue weighted by molar-refractivity contribution is 5.90. The molecule has 6 nitrogen and oxygen atoms in total. The fraction of sp³-hybridized carbons (Fsp3) is 0.0714. The number of hydrogen-bond acceptors (Lipinski definition) is 4. The molecule has 0 fully saturated rings. The summed E-state index contributed by atoms with van der Waals surface area (Å²) in [6.45, 7) is 0.350. The lowest BCUT2D eigenvalue weighted by Crippen LogP contribution is -2.28. The van der Waals surface area contributed by atoms with Crippen molar-refractivity contribution < 1.29 is 20.1 Å². The number of urea groups is 1. The van der Waals surface area contributed by atoms with E-state index in [1.807, 2.05) is 30.3 Å². The molecular formula is C14H14N2O4. The average Bonchev–Trinajstić information content (AvgIpc) is 2.43. The number of hydrogen-bond donors (Lipinski definition) is 5. The Bertz CT molecular complexity index is 591. The summed E-state index contributed by atoms with van der Waals surface area (Å²) in [5, 5.41) is 32.9. The maximum absolute atomic E-state index is 11.6. The maximum atomic E-state index is 11.6. The summed E-state index contributed by atoms with van der Waals surface area (Å²) < 4.78 is 0. The third-order valence-corrected chi connectivity index (χ3v) is 2.62. The normalized spacial score (nSPS) is 10.0. The number of anilines is 1. The lowest BCUT2D eigenvalue weighted by Gasteiger charge is -2.09. The molecule has 20 heavy (non-hydrogen) atoms. The molecule has 0 heterocycles. The summed E-state index contributed by atoms with van der Waals surface area (Å²) in [5.74, 6) is -1.65. The van der Waals surface area contributed by atoms with Crippen molar-refractivity contribution in [1.82, 2.24) is 5.32 Å². The Morgan fingerprint density at radius 2 is 1.60 bits per heavy atom. The number of nitrogens with one attached hydrogen (secondary N) is 2. The van der Waals surface area contributed by atoms with E-state index in [0.717, 1.165) is 17.7 Å². The van der Waals surface area contributed by atoms with Crippen LogP contribution in [0.25, 0.3) is 0 Å². The minimum absolute atomic E-state index is 0.170. The van der Waals surface area contributed by atoms with Gasteiger partial charge in [0.1, 0.15) is 0 Å². The number of phenolic OH excluding ortho intramolecular Hbond substituents is 3. The molecule has 2 rings (SSSR count). The van der Waals surface area contributed by atoms with E-state index in [1.165, 1.54) is 0 Å². The number of aromatic hydroxyl groups is 3. The number of amides is 2. The Kier molecular flexibility index (Phi) is 3.95. The van der Waals surface area contributed by atoms with Crippen molar-refractivity contribution in [2.45, 2.75) is 6.54 Å². The van der Waals surface area contributed by atoms with Crippen molar-refractivity contribution in [2.75, 3.05) is 5.32 Å². The molecule has 5 N–H and O–H groups in total. The second kappa shape index (κ2) is 5.83. The monoisotopic (exact) mass is 274 g/mol. The molecule has 0 unspecified atom stereocenters. The van der Waals surface area contributed by atoms with Crippen LogP contribution in [0.3, 0.4) is 0 Å². The smallest absolute Gasteiger partial charge is 0.319 e. The van der Waals surface area contributed by atoms with Crippen molar-refractivity contribution in [2.24, 2.45) is 0 Å². The zero-order valence-electron chi connectivity index (χ0n) is 10.5. The number of phenols is 3. The summed E-state index contributed by atoms with van der Waals surface area (Å²) in [5.41, 5.74) is 1.11. The zero-order valence-corrected chi connectivity index (χ0v) is 10.5. The van der Waals surface area contributed by atoms with E-state index in [4.69, 9.17) is 0 Å². The Morgan fingerprint density at radius 3 is 2.20 bits per heavy atom. The van der Waals surface area contributed by atoms with Gasteiger partial charge in [-0.3, -0.25) is 0 Å². The van der Waals surface area contributed by atoms with Gasteiger partial charge in [-0.05, 0) is 5.56 Å². The van der Waals surface area contributed by atoms with Gasteiger partial charge in [-0.25, -0.2) is 4.79 Å². The lowest BCUT2D eigenvalue weighted by atomic mass is 10.2. The molecule has 0 aliphatic carbocycles. The zero-order chi connectivity index (χ0) is 14.5. The summed E-state index contributed by atoms with van der Waals surface area (Å²) in [4.78, 5) is 11.6. The highest BCUT2D eigenvalue weighted by atomic mass is 16.3. The average molecular weight is 274 g/mol. The Hall–Kier alpha value is -2.89. The first-order chi connectivity index (χ1) is 9.56. The SMILES string of the molecule is O=C(NCc1ccccc1)Nc1cc(O)c(O)c(O)c1. The van der Waals surface area contributed by atoms with Gasteiger partial charge >= 0.3 is 6.03 Å². The maximum Gasteiger partial charge on any atom is 0.319 e. The van der Waals surface area contributed by atoms with Gasteiger partial charge < -0.3 is 26.0 Å². The molecule has 0 aromatic heterocycles. The molecule has 0 radical (unpaired) electrons. The highest BCUT2D eigenvalue weighted by Gasteiger charge is 2.09. The predicted molar refractivity (Wildman–Crippen MR) is 73.7 cm³/mol. The predicted octanol–water partition coefficient (Wildman–Crippen LogP) is 2.13. The van der Waals surface area contributed by atoms with Gasteiger partial charge in [0.15, 0.2) is 17.2 Å². The van der Waals surface area contributed by atoms with Gasteiger partial charge in [0, 0.05) is 18.7 Å². The molecule has 0 saturated carbocycles. The molecule has 0 aliphatic heterocycles. The topological polar surface area (TPSA) is 102 Å². The van der Waals surface area contributed by atoms with E-state index in [1.54, 1.807) is 0 Å². The molecule has 0 saturated heterocycles. The van der Waals surface area contributed by atoms with Crippen molar-refractivity contribution >= 4 is 11.7 Å². The second-order valence-corrected chi connectivity index (χ2v) is 4.16. The summed E-state index contributed by atoms with van der Waals surface area (Å²) in [6, 6.07) is 11.1. The van der Waals surface area contributed by atoms with E-state index in [2.05, 4.69) is 10.6 Å². The number of carbonyl (C=O) groups is 1. The van der Waals surface area contributed by atoms with Crippen LogP contribution in [0, 0.1) is 0 Å². The third kappa shape index (κ3) is 3.32. The van der Waals surface area contributed by atoms with Crippen molar-refractivity contribution in [3.05, 3.63) is 48.0 Å². The Balaban J connectivity index is 1.95. The first-order valence-electron chi connectivity index (χ1n) is 5.90. The van der Waals surface area contributed by atoms with E-state index in [9.17, 15) is 20.1 Å². The summed E-state index contributed by atoms with van der Waals surface area (Å²) in [7, 11) is 0. The van der Waals surface area contributed by atoms with Gasteiger partial charge in [-0.1, -0.05) is 30.3 Å². The van der Waals surface area contributed by atoms with Crippen LogP contribution in [0.4, 0.5) is 10.5 Å². The lowest BCUT2D eigenvalue weighted by molar-refractivity contribution is 0.251. The molecular weight excluding hydrogens is 260 g/mol. The van der Waals surface area contributed by atoms with Crippen LogP contribution in [-0.2, 0) is 6.54 Å². The van der Waals surface area contributed by atoms with Gasteiger partial charge in [-0.15, -0.1) is 0 Å². The third-order valence-electron chi connectivity index (χ3n) is 2.62. The van der Waals surface area contributed by atoms with Gasteiger partial charge in [-0.2, -0.15) is 0 Å². The summed E-state index contributed by atoms with van der Waals surface area (Å²) >= 11 is 0. The highest BCUT2D eigenvalue weighted by Crippen LogP contribution is 2.37. The molecule has 0 atom stereocenters. The molecule has 0 bridgehead atoms. The van der Waals surface area contributed by atoms with Crippen LogP contribution in [-0.4, -0.2) is 21.4 Å².